The topological polar surface area (TPSA) is 39.1 Å². The number of fused-ring (bicyclic) bond motifs is 1. The van der Waals surface area contributed by atoms with Crippen LogP contribution >= 0.6 is 27.3 Å². The first-order chi connectivity index (χ1) is 9.65. The number of aromatic nitrogens is 1. The van der Waals surface area contributed by atoms with E-state index in [1.165, 1.54) is 15.9 Å². The molecular formula is C15H10BrNO2S. The van der Waals surface area contributed by atoms with E-state index < -0.39 is 0 Å². The third kappa shape index (κ3) is 2.46. The molecule has 0 radical (unpaired) electrons. The summed E-state index contributed by atoms with van der Waals surface area (Å²) < 4.78 is 3.36. The lowest BCUT2D eigenvalue weighted by molar-refractivity contribution is 0.0973. The Hall–Kier alpha value is -1.72. The molecule has 0 aliphatic rings. The van der Waals surface area contributed by atoms with E-state index in [9.17, 15) is 9.59 Å². The predicted molar refractivity (Wildman–Crippen MR) is 84.6 cm³/mol. The molecule has 1 aromatic heterocycles. The molecule has 5 heteroatoms. The number of carbonyl (C=O) groups excluding carboxylic acids is 1. The van der Waals surface area contributed by atoms with Crippen molar-refractivity contribution in [2.24, 2.45) is 0 Å². The first-order valence-corrected chi connectivity index (χ1v) is 7.63. The molecule has 0 spiro atoms. The van der Waals surface area contributed by atoms with Crippen molar-refractivity contribution in [1.29, 1.82) is 0 Å². The Morgan fingerprint density at radius 3 is 2.55 bits per heavy atom. The van der Waals surface area contributed by atoms with E-state index in [0.29, 0.717) is 5.56 Å². The van der Waals surface area contributed by atoms with Crippen LogP contribution in [0.25, 0.3) is 10.2 Å². The van der Waals surface area contributed by atoms with Gasteiger partial charge in [0.15, 0.2) is 5.78 Å². The van der Waals surface area contributed by atoms with Crippen molar-refractivity contribution >= 4 is 43.3 Å². The monoisotopic (exact) mass is 347 g/mol. The van der Waals surface area contributed by atoms with Crippen LogP contribution in [-0.2, 0) is 6.54 Å². The molecule has 3 aromatic rings. The number of nitrogens with zero attached hydrogens (tertiary/aromatic N) is 1. The van der Waals surface area contributed by atoms with E-state index >= 15 is 0 Å². The van der Waals surface area contributed by atoms with Gasteiger partial charge in [-0.3, -0.25) is 14.2 Å². The van der Waals surface area contributed by atoms with E-state index in [1.54, 1.807) is 12.1 Å². The van der Waals surface area contributed by atoms with Crippen molar-refractivity contribution in [2.75, 3.05) is 0 Å². The van der Waals surface area contributed by atoms with Crippen LogP contribution < -0.4 is 4.87 Å². The highest BCUT2D eigenvalue weighted by molar-refractivity contribution is 9.10. The number of Topliss-reactive ketones (excluding diaryl/α,β-unsaturated/α-hetero) is 1. The number of thiazole rings is 1. The zero-order valence-electron chi connectivity index (χ0n) is 10.4. The van der Waals surface area contributed by atoms with Crippen molar-refractivity contribution in [2.45, 2.75) is 6.54 Å². The van der Waals surface area contributed by atoms with Crippen molar-refractivity contribution in [3.05, 3.63) is 68.2 Å². The average Bonchev–Trinajstić information content (AvgIpc) is 2.76. The summed E-state index contributed by atoms with van der Waals surface area (Å²) in [5, 5.41) is 0. The maximum Gasteiger partial charge on any atom is 0.308 e. The molecule has 0 saturated carbocycles. The van der Waals surface area contributed by atoms with Gasteiger partial charge in [-0.2, -0.15) is 0 Å². The molecule has 1 heterocycles. The van der Waals surface area contributed by atoms with Crippen LogP contribution in [0, 0.1) is 0 Å². The average molecular weight is 348 g/mol. The minimum atomic E-state index is -0.100. The number of ketones is 1. The molecule has 0 aliphatic heterocycles. The molecular weight excluding hydrogens is 338 g/mol. The molecule has 0 unspecified atom stereocenters. The van der Waals surface area contributed by atoms with Crippen LogP contribution in [0.1, 0.15) is 10.4 Å². The fourth-order valence-corrected chi connectivity index (χ4v) is 3.19. The van der Waals surface area contributed by atoms with Gasteiger partial charge in [0.1, 0.15) is 0 Å². The molecule has 0 atom stereocenters. The lowest BCUT2D eigenvalue weighted by Gasteiger charge is -2.03. The fourth-order valence-electron chi connectivity index (χ4n) is 2.03. The second kappa shape index (κ2) is 5.34. The lowest BCUT2D eigenvalue weighted by Crippen LogP contribution is -2.19. The lowest BCUT2D eigenvalue weighted by atomic mass is 10.1. The second-order valence-electron chi connectivity index (χ2n) is 4.35. The first kappa shape index (κ1) is 13.3. The summed E-state index contributed by atoms with van der Waals surface area (Å²) in [6.07, 6.45) is 0. The van der Waals surface area contributed by atoms with E-state index in [-0.39, 0.29) is 17.2 Å². The van der Waals surface area contributed by atoms with Gasteiger partial charge in [0, 0.05) is 10.0 Å². The van der Waals surface area contributed by atoms with Crippen LogP contribution in [0.5, 0.6) is 0 Å². The summed E-state index contributed by atoms with van der Waals surface area (Å²) in [5.74, 6) is -0.0665. The fraction of sp³-hybridized carbons (Fsp3) is 0.0667. The quantitative estimate of drug-likeness (QED) is 0.677. The van der Waals surface area contributed by atoms with Crippen molar-refractivity contribution in [3.63, 3.8) is 0 Å². The maximum absolute atomic E-state index is 12.2. The van der Waals surface area contributed by atoms with Crippen molar-refractivity contribution in [1.82, 2.24) is 4.57 Å². The summed E-state index contributed by atoms with van der Waals surface area (Å²) in [6.45, 7) is 0.0739. The maximum atomic E-state index is 12.2. The van der Waals surface area contributed by atoms with Crippen LogP contribution in [0.2, 0.25) is 0 Å². The predicted octanol–water partition coefficient (Wildman–Crippen LogP) is 3.71. The van der Waals surface area contributed by atoms with Gasteiger partial charge in [0.05, 0.1) is 16.8 Å². The number of carbonyl (C=O) groups is 1. The molecule has 3 nitrogen and oxygen atoms in total. The Morgan fingerprint density at radius 2 is 1.80 bits per heavy atom. The highest BCUT2D eigenvalue weighted by atomic mass is 79.9. The Bertz CT molecular complexity index is 833. The highest BCUT2D eigenvalue weighted by Gasteiger charge is 2.12. The van der Waals surface area contributed by atoms with Gasteiger partial charge in [0.2, 0.25) is 0 Å². The normalized spacial score (nSPS) is 10.8. The van der Waals surface area contributed by atoms with Crippen LogP contribution in [0.3, 0.4) is 0 Å². The Labute approximate surface area is 127 Å². The second-order valence-corrected chi connectivity index (χ2v) is 6.26. The molecule has 0 bridgehead atoms. The third-order valence-electron chi connectivity index (χ3n) is 3.04. The van der Waals surface area contributed by atoms with Crippen LogP contribution in [0.4, 0.5) is 0 Å². The van der Waals surface area contributed by atoms with Gasteiger partial charge in [-0.25, -0.2) is 0 Å². The standard InChI is InChI=1S/C15H10BrNO2S/c16-11-7-5-10(6-8-11)13(18)9-17-12-3-1-2-4-14(12)20-15(17)19/h1-8H,9H2. The van der Waals surface area contributed by atoms with E-state index in [1.807, 2.05) is 36.4 Å². The van der Waals surface area contributed by atoms with Gasteiger partial charge >= 0.3 is 4.87 Å². The molecule has 0 N–H and O–H groups in total. The number of halogens is 1. The van der Waals surface area contributed by atoms with Gasteiger partial charge in [-0.1, -0.05) is 51.5 Å². The number of benzene rings is 2. The van der Waals surface area contributed by atoms with Gasteiger partial charge in [0.25, 0.3) is 0 Å². The Kier molecular flexibility index (Phi) is 3.54. The summed E-state index contributed by atoms with van der Waals surface area (Å²) in [7, 11) is 0. The Morgan fingerprint density at radius 1 is 1.10 bits per heavy atom. The van der Waals surface area contributed by atoms with Crippen LogP contribution in [-0.4, -0.2) is 10.4 Å². The Balaban J connectivity index is 1.97. The molecule has 2 aromatic carbocycles. The zero-order valence-corrected chi connectivity index (χ0v) is 12.8. The number of hydrogen-bond acceptors (Lipinski definition) is 3. The summed E-state index contributed by atoms with van der Waals surface area (Å²) in [6, 6.07) is 14.7. The first-order valence-electron chi connectivity index (χ1n) is 6.02. The van der Waals surface area contributed by atoms with Crippen LogP contribution in [0.15, 0.2) is 57.8 Å². The van der Waals surface area contributed by atoms with Crippen molar-refractivity contribution < 1.29 is 4.79 Å². The smallest absolute Gasteiger partial charge is 0.292 e. The number of rotatable bonds is 3. The van der Waals surface area contributed by atoms with E-state index in [4.69, 9.17) is 0 Å². The number of hydrogen-bond donors (Lipinski definition) is 0. The van der Waals surface area contributed by atoms with Gasteiger partial charge in [-0.05, 0) is 24.3 Å². The minimum Gasteiger partial charge on any atom is -0.292 e. The molecule has 0 saturated heterocycles. The zero-order chi connectivity index (χ0) is 14.1. The summed E-state index contributed by atoms with van der Waals surface area (Å²) >= 11 is 4.50. The van der Waals surface area contributed by atoms with E-state index in [2.05, 4.69) is 15.9 Å². The SMILES string of the molecule is O=C(Cn1c(=O)sc2ccccc21)c1ccc(Br)cc1. The van der Waals surface area contributed by atoms with Gasteiger partial charge < -0.3 is 0 Å². The van der Waals surface area contributed by atoms with Crippen molar-refractivity contribution in [3.8, 4) is 0 Å². The molecule has 0 fully saturated rings. The molecule has 100 valence electrons. The highest BCUT2D eigenvalue weighted by Crippen LogP contribution is 2.17. The molecule has 0 aliphatic carbocycles. The summed E-state index contributed by atoms with van der Waals surface area (Å²) in [4.78, 5) is 24.1. The summed E-state index contributed by atoms with van der Waals surface area (Å²) in [5.41, 5.74) is 1.42. The van der Waals surface area contributed by atoms with Gasteiger partial charge in [-0.15, -0.1) is 0 Å². The number of para-hydroxylation sites is 1. The largest absolute Gasteiger partial charge is 0.308 e. The molecule has 0 amide bonds. The van der Waals surface area contributed by atoms with E-state index in [0.717, 1.165) is 14.7 Å². The molecule has 3 rings (SSSR count). The molecule has 20 heavy (non-hydrogen) atoms. The third-order valence-corrected chi connectivity index (χ3v) is 4.53. The minimum absolute atomic E-state index is 0.0665.